The van der Waals surface area contributed by atoms with Crippen LogP contribution in [0.1, 0.15) is 34.6 Å². The Morgan fingerprint density at radius 1 is 0.947 bits per heavy atom. The Balaban J connectivity index is 1.31. The number of likely N-dealkylation sites (tertiary alicyclic amines) is 1. The van der Waals surface area contributed by atoms with Gasteiger partial charge in [-0.25, -0.2) is 0 Å². The zero-order valence-corrected chi connectivity index (χ0v) is 21.4. The van der Waals surface area contributed by atoms with Crippen molar-refractivity contribution >= 4 is 12.2 Å². The van der Waals surface area contributed by atoms with Crippen molar-refractivity contribution in [1.82, 2.24) is 4.90 Å². The minimum Gasteiger partial charge on any atom is -0.530 e. The van der Waals surface area contributed by atoms with E-state index in [1.165, 1.54) is 0 Å². The molecule has 4 rings (SSSR count). The molecule has 0 saturated carbocycles. The number of piperidine rings is 1. The Morgan fingerprint density at radius 2 is 1.66 bits per heavy atom. The van der Waals surface area contributed by atoms with Gasteiger partial charge in [0.15, 0.2) is 0 Å². The van der Waals surface area contributed by atoms with E-state index in [2.05, 4.69) is 6.58 Å². The molecule has 1 amide bonds. The molecule has 1 heterocycles. The fourth-order valence-corrected chi connectivity index (χ4v) is 4.59. The van der Waals surface area contributed by atoms with Crippen LogP contribution in [0.25, 0.3) is 6.08 Å². The maximum absolute atomic E-state index is 11.5. The summed E-state index contributed by atoms with van der Waals surface area (Å²) >= 11 is 0. The Kier molecular flexibility index (Phi) is 9.92. The largest absolute Gasteiger partial charge is 0.530 e. The number of carbonyl (C=O) groups is 1. The lowest BCUT2D eigenvalue weighted by Crippen LogP contribution is -2.56. The molecule has 3 aromatic rings. The van der Waals surface area contributed by atoms with Crippen molar-refractivity contribution in [2.45, 2.75) is 37.8 Å². The number of carboxylic acid groups (broad SMARTS) is 1. The predicted molar refractivity (Wildman–Crippen MR) is 143 cm³/mol. The van der Waals surface area contributed by atoms with Gasteiger partial charge in [-0.05, 0) is 34.4 Å². The van der Waals surface area contributed by atoms with Crippen molar-refractivity contribution < 1.29 is 29.2 Å². The van der Waals surface area contributed by atoms with Gasteiger partial charge >= 0.3 is 0 Å². The molecule has 1 aliphatic rings. The number of hydrogen-bond acceptors (Lipinski definition) is 6. The van der Waals surface area contributed by atoms with E-state index in [9.17, 15) is 15.0 Å². The van der Waals surface area contributed by atoms with Gasteiger partial charge in [-0.2, -0.15) is 0 Å². The molecule has 1 fully saturated rings. The lowest BCUT2D eigenvalue weighted by Gasteiger charge is -2.43. The summed E-state index contributed by atoms with van der Waals surface area (Å²) in [5.41, 5.74) is 3.96. The molecule has 0 bridgehead atoms. The van der Waals surface area contributed by atoms with Crippen LogP contribution in [-0.4, -0.2) is 54.6 Å². The first-order valence-corrected chi connectivity index (χ1v) is 12.8. The number of carbonyl (C=O) groups excluding carboxylic acids is 1. The van der Waals surface area contributed by atoms with Crippen molar-refractivity contribution in [1.29, 1.82) is 0 Å². The van der Waals surface area contributed by atoms with Gasteiger partial charge < -0.3 is 34.1 Å². The van der Waals surface area contributed by atoms with Gasteiger partial charge in [0, 0.05) is 25.4 Å². The van der Waals surface area contributed by atoms with Crippen LogP contribution in [0.15, 0.2) is 85.4 Å². The number of hydrogen-bond donors (Lipinski definition) is 1. The number of rotatable bonds is 12. The van der Waals surface area contributed by atoms with Crippen LogP contribution in [0.2, 0.25) is 0 Å². The number of amides is 1. The van der Waals surface area contributed by atoms with Crippen LogP contribution >= 0.6 is 0 Å². The number of benzene rings is 3. The van der Waals surface area contributed by atoms with Gasteiger partial charge in [0.05, 0.1) is 38.6 Å². The van der Waals surface area contributed by atoms with E-state index in [0.29, 0.717) is 26.4 Å². The third-order valence-corrected chi connectivity index (χ3v) is 6.64. The molecule has 38 heavy (non-hydrogen) atoms. The highest BCUT2D eigenvalue weighted by atomic mass is 16.5. The average Bonchev–Trinajstić information content (AvgIpc) is 2.94. The number of aliphatic hydroxyl groups is 1. The molecule has 200 valence electrons. The molecule has 1 saturated heterocycles. The number of β-amino-alcohol motifs (C(OH)–C–C–N with tert-alkyl or cyclic N) is 1. The summed E-state index contributed by atoms with van der Waals surface area (Å²) in [5.74, 6) is 0.330. The molecule has 0 aliphatic carbocycles. The van der Waals surface area contributed by atoms with Gasteiger partial charge in [0.1, 0.15) is 11.8 Å². The lowest BCUT2D eigenvalue weighted by molar-refractivity contribution is -0.270. The minimum absolute atomic E-state index is 0.0257. The normalized spacial score (nSPS) is 19.2. The van der Waals surface area contributed by atoms with Crippen molar-refractivity contribution in [3.8, 4) is 5.75 Å². The first-order valence-electron chi connectivity index (χ1n) is 12.8. The van der Waals surface area contributed by atoms with Crippen LogP contribution in [0.5, 0.6) is 5.75 Å². The Bertz CT molecular complexity index is 1150. The van der Waals surface area contributed by atoms with Crippen molar-refractivity contribution in [2.24, 2.45) is 0 Å². The first kappa shape index (κ1) is 27.4. The van der Waals surface area contributed by atoms with Crippen LogP contribution in [-0.2, 0) is 22.7 Å². The quantitative estimate of drug-likeness (QED) is 0.366. The van der Waals surface area contributed by atoms with Crippen LogP contribution in [0, 0.1) is 0 Å². The summed E-state index contributed by atoms with van der Waals surface area (Å²) in [6.07, 6.45) is -0.252. The molecule has 1 N–H and O–H groups in total. The summed E-state index contributed by atoms with van der Waals surface area (Å²) in [6, 6.07) is 25.4. The summed E-state index contributed by atoms with van der Waals surface area (Å²) in [4.78, 5) is 12.6. The standard InChI is InChI=1S/C31H35NO6/c1-2-23-9-11-25(12-10-23)22-38-29-20-32(31(34)35)19-28(33)30(29)26-13-15-27(16-14-26)37-18-6-17-36-21-24-7-4-3-5-8-24/h2-5,7-16,28-30,33H,1,6,17-22H2,(H,34,35)/p-1. The lowest BCUT2D eigenvalue weighted by atomic mass is 9.84. The summed E-state index contributed by atoms with van der Waals surface area (Å²) < 4.78 is 17.7. The van der Waals surface area contributed by atoms with E-state index in [4.69, 9.17) is 14.2 Å². The first-order chi connectivity index (χ1) is 18.5. The predicted octanol–water partition coefficient (Wildman–Crippen LogP) is 4.00. The monoisotopic (exact) mass is 516 g/mol. The van der Waals surface area contributed by atoms with Crippen molar-refractivity contribution in [3.05, 3.63) is 108 Å². The second kappa shape index (κ2) is 13.8. The van der Waals surface area contributed by atoms with E-state index in [-0.39, 0.29) is 13.1 Å². The van der Waals surface area contributed by atoms with Gasteiger partial charge in [-0.15, -0.1) is 0 Å². The Hall–Kier alpha value is -3.65. The molecule has 3 unspecified atom stereocenters. The molecule has 1 aliphatic heterocycles. The second-order valence-corrected chi connectivity index (χ2v) is 9.37. The Labute approximate surface area is 223 Å². The van der Waals surface area contributed by atoms with Crippen LogP contribution < -0.4 is 9.84 Å². The molecule has 0 spiro atoms. The van der Waals surface area contributed by atoms with Crippen molar-refractivity contribution in [2.75, 3.05) is 26.3 Å². The van der Waals surface area contributed by atoms with Crippen LogP contribution in [0.3, 0.4) is 0 Å². The highest BCUT2D eigenvalue weighted by molar-refractivity contribution is 5.63. The SMILES string of the molecule is C=Cc1ccc(COC2CN(C(=O)[O-])CC(O)C2c2ccc(OCCCOCc3ccccc3)cc2)cc1. The van der Waals surface area contributed by atoms with E-state index in [1.54, 1.807) is 6.08 Å². The molecule has 3 atom stereocenters. The molecular weight excluding hydrogens is 482 g/mol. The van der Waals surface area contributed by atoms with Gasteiger partial charge in [0.25, 0.3) is 0 Å². The minimum atomic E-state index is -1.32. The number of nitrogens with zero attached hydrogens (tertiary/aromatic N) is 1. The number of ether oxygens (including phenoxy) is 3. The zero-order chi connectivity index (χ0) is 26.7. The molecule has 7 heteroatoms. The van der Waals surface area contributed by atoms with E-state index in [1.807, 2.05) is 78.9 Å². The second-order valence-electron chi connectivity index (χ2n) is 9.37. The fraction of sp³-hybridized carbons (Fsp3) is 0.323. The average molecular weight is 517 g/mol. The molecule has 0 aromatic heterocycles. The maximum Gasteiger partial charge on any atom is 0.137 e. The highest BCUT2D eigenvalue weighted by Crippen LogP contribution is 2.32. The highest BCUT2D eigenvalue weighted by Gasteiger charge is 2.38. The smallest absolute Gasteiger partial charge is 0.137 e. The summed E-state index contributed by atoms with van der Waals surface area (Å²) in [7, 11) is 0. The van der Waals surface area contributed by atoms with Gasteiger partial charge in [-0.1, -0.05) is 79.4 Å². The summed E-state index contributed by atoms with van der Waals surface area (Å²) in [5, 5.41) is 22.4. The molecular formula is C31H34NO6-. The fourth-order valence-electron chi connectivity index (χ4n) is 4.59. The molecule has 0 radical (unpaired) electrons. The molecule has 3 aromatic carbocycles. The zero-order valence-electron chi connectivity index (χ0n) is 21.4. The third-order valence-electron chi connectivity index (χ3n) is 6.64. The van der Waals surface area contributed by atoms with Crippen molar-refractivity contribution in [3.63, 3.8) is 0 Å². The van der Waals surface area contributed by atoms with Gasteiger partial charge in [-0.3, -0.25) is 0 Å². The number of aliphatic hydroxyl groups excluding tert-OH is 1. The van der Waals surface area contributed by atoms with Gasteiger partial charge in [0.2, 0.25) is 0 Å². The third kappa shape index (κ3) is 7.68. The summed E-state index contributed by atoms with van der Waals surface area (Å²) in [6.45, 7) is 5.86. The van der Waals surface area contributed by atoms with Crippen LogP contribution in [0.4, 0.5) is 4.79 Å². The van der Waals surface area contributed by atoms with E-state index in [0.717, 1.165) is 39.3 Å². The molecule has 7 nitrogen and oxygen atoms in total. The topological polar surface area (TPSA) is 91.3 Å². The van der Waals surface area contributed by atoms with E-state index >= 15 is 0 Å². The van der Waals surface area contributed by atoms with E-state index < -0.39 is 24.2 Å². The Morgan fingerprint density at radius 3 is 2.34 bits per heavy atom. The maximum atomic E-state index is 11.5.